The van der Waals surface area contributed by atoms with Crippen molar-refractivity contribution in [3.8, 4) is 22.4 Å². The highest BCUT2D eigenvalue weighted by Gasteiger charge is 2.39. The molecule has 0 saturated heterocycles. The Morgan fingerprint density at radius 2 is 1.11 bits per heavy atom. The molecule has 0 spiro atoms. The van der Waals surface area contributed by atoms with E-state index in [4.69, 9.17) is 23.2 Å². The van der Waals surface area contributed by atoms with E-state index in [-0.39, 0.29) is 71.7 Å². The zero-order valence-corrected chi connectivity index (χ0v) is 30.6. The highest BCUT2D eigenvalue weighted by molar-refractivity contribution is 6.43. The van der Waals surface area contributed by atoms with Gasteiger partial charge in [0.05, 0.1) is 32.3 Å². The van der Waals surface area contributed by atoms with Gasteiger partial charge in [0.25, 0.3) is 0 Å². The topological polar surface area (TPSA) is 7.94 Å². The van der Waals surface area contributed by atoms with Gasteiger partial charge in [-0.25, -0.2) is 8.78 Å². The van der Waals surface area contributed by atoms with E-state index in [1.807, 2.05) is 0 Å². The summed E-state index contributed by atoms with van der Waals surface area (Å²) in [5.41, 5.74) is -3.45. The molecule has 0 fully saturated rings. The number of halogens is 12. The van der Waals surface area contributed by atoms with E-state index in [0.717, 1.165) is 54.6 Å². The Hall–Kier alpha value is -5.53. The molecule has 0 bridgehead atoms. The van der Waals surface area contributed by atoms with Crippen LogP contribution in [0.5, 0.6) is 0 Å². The number of benzene rings is 5. The van der Waals surface area contributed by atoms with Gasteiger partial charge in [-0.1, -0.05) is 71.7 Å². The van der Waals surface area contributed by atoms with Crippen molar-refractivity contribution >= 4 is 47.5 Å². The molecule has 2 nitrogen and oxygen atoms in total. The predicted molar refractivity (Wildman–Crippen MR) is 202 cm³/mol. The van der Waals surface area contributed by atoms with Gasteiger partial charge >= 0.3 is 19.8 Å². The molecule has 1 aliphatic heterocycles. The fraction of sp³-hybridized carbons (Fsp3) is 0.0714. The molecule has 1 aliphatic rings. The van der Waals surface area contributed by atoms with Gasteiger partial charge in [0.1, 0.15) is 18.7 Å². The van der Waals surface area contributed by atoms with E-state index in [0.29, 0.717) is 4.48 Å². The minimum Gasteiger partial charge on any atom is -0.483 e. The lowest BCUT2D eigenvalue weighted by Crippen LogP contribution is -2.20. The SMILES string of the molecule is C[N+]1=C(c2cccc(F)c2)C=C(c2cccc(C(F)(F)F)c2)/C1=C(\c1c(Cl)cccc1Cl)c1c(-c2cccc(C(F)(F)F)c2)cc(-c2cccc(F)c2)n1[B-](F)F. The summed E-state index contributed by atoms with van der Waals surface area (Å²) in [5, 5.41) is -0.240. The van der Waals surface area contributed by atoms with E-state index in [1.54, 1.807) is 0 Å². The first-order chi connectivity index (χ1) is 26.9. The van der Waals surface area contributed by atoms with Gasteiger partial charge < -0.3 is 13.1 Å². The maximum Gasteiger partial charge on any atom is 0.416 e. The van der Waals surface area contributed by atoms with E-state index in [1.165, 1.54) is 84.4 Å². The summed E-state index contributed by atoms with van der Waals surface area (Å²) in [7, 11) is -2.00. The molecule has 0 saturated carbocycles. The van der Waals surface area contributed by atoms with Gasteiger partial charge in [-0.2, -0.15) is 30.9 Å². The lowest BCUT2D eigenvalue weighted by atomic mass is 9.89. The van der Waals surface area contributed by atoms with E-state index in [9.17, 15) is 35.1 Å². The maximum atomic E-state index is 15.9. The minimum absolute atomic E-state index is 0.0122. The summed E-state index contributed by atoms with van der Waals surface area (Å²) < 4.78 is 148. The third-order valence-electron chi connectivity index (χ3n) is 9.39. The zero-order valence-electron chi connectivity index (χ0n) is 29.1. The van der Waals surface area contributed by atoms with E-state index < -0.39 is 48.2 Å². The Morgan fingerprint density at radius 3 is 1.67 bits per heavy atom. The molecule has 5 aromatic carbocycles. The average molecular weight is 828 g/mol. The second-order valence-corrected chi connectivity index (χ2v) is 13.8. The van der Waals surface area contributed by atoms with Crippen LogP contribution in [-0.4, -0.2) is 29.2 Å². The van der Waals surface area contributed by atoms with Crippen molar-refractivity contribution in [2.24, 2.45) is 0 Å². The number of aromatic nitrogens is 1. The first-order valence-corrected chi connectivity index (χ1v) is 17.6. The molecule has 0 amide bonds. The van der Waals surface area contributed by atoms with Crippen LogP contribution in [0, 0.1) is 11.6 Å². The second kappa shape index (κ2) is 15.1. The lowest BCUT2D eigenvalue weighted by molar-refractivity contribution is -0.430. The number of hydrogen-bond acceptors (Lipinski definition) is 0. The Bertz CT molecular complexity index is 2640. The highest BCUT2D eigenvalue weighted by atomic mass is 35.5. The van der Waals surface area contributed by atoms with Crippen LogP contribution in [0.2, 0.25) is 10.0 Å². The fourth-order valence-electron chi connectivity index (χ4n) is 6.93. The molecule has 0 N–H and O–H groups in total. The molecule has 289 valence electrons. The summed E-state index contributed by atoms with van der Waals surface area (Å²) in [5.74, 6) is -1.46. The minimum atomic E-state index is -4.86. The molecule has 57 heavy (non-hydrogen) atoms. The number of allylic oxidation sites excluding steroid dienone is 2. The van der Waals surface area contributed by atoms with Crippen LogP contribution in [0.15, 0.2) is 133 Å². The summed E-state index contributed by atoms with van der Waals surface area (Å²) in [6.07, 6.45) is -8.23. The van der Waals surface area contributed by atoms with Crippen LogP contribution in [0.1, 0.15) is 33.5 Å². The Kier molecular flexibility index (Phi) is 10.5. The predicted octanol–water partition coefficient (Wildman–Crippen LogP) is 13.2. The van der Waals surface area contributed by atoms with Crippen molar-refractivity contribution < 1.29 is 48.3 Å². The summed E-state index contributed by atoms with van der Waals surface area (Å²) >= 11 is 13.7. The fourth-order valence-corrected chi connectivity index (χ4v) is 7.52. The third kappa shape index (κ3) is 7.66. The quantitative estimate of drug-likeness (QED) is 0.0861. The van der Waals surface area contributed by atoms with E-state index in [2.05, 4.69) is 0 Å². The molecule has 2 heterocycles. The average Bonchev–Trinajstić information content (AvgIpc) is 3.71. The zero-order chi connectivity index (χ0) is 41.0. The molecule has 0 aliphatic carbocycles. The monoisotopic (exact) mass is 827 g/mol. The summed E-state index contributed by atoms with van der Waals surface area (Å²) in [6.45, 7) is 0. The maximum absolute atomic E-state index is 15.9. The molecule has 1 aromatic heterocycles. The molecule has 7 rings (SSSR count). The van der Waals surface area contributed by atoms with Crippen LogP contribution in [0.4, 0.5) is 43.8 Å². The smallest absolute Gasteiger partial charge is 0.416 e. The first-order valence-electron chi connectivity index (χ1n) is 16.9. The van der Waals surface area contributed by atoms with Crippen molar-refractivity contribution in [2.45, 2.75) is 12.4 Å². The van der Waals surface area contributed by atoms with Crippen molar-refractivity contribution in [1.82, 2.24) is 4.48 Å². The molecule has 6 aromatic rings. The molecular formula is C42H24BCl2F10N2. The standard InChI is InChI=1S/C42H24BCl2F10N2/c1-56-35(25-9-4-13-29(46)19-25)21-31(23-7-2-11-27(17-23)41(48,49)50)39(56)38(37-33(44)15-6-16-34(37)45)40-32(24-8-3-12-28(18-24)42(51,52)53)22-36(57(40)43(54)55)26-10-5-14-30(47)20-26/h2-22H,1H3. The normalized spacial score (nSPS) is 14.5. The first kappa shape index (κ1) is 39.7. The molecule has 15 heteroatoms. The number of rotatable bonds is 7. The van der Waals surface area contributed by atoms with Crippen LogP contribution in [-0.2, 0) is 12.4 Å². The van der Waals surface area contributed by atoms with Gasteiger partial charge in [-0.15, -0.1) is 0 Å². The van der Waals surface area contributed by atoms with Crippen LogP contribution in [0.3, 0.4) is 0 Å². The Morgan fingerprint density at radius 1 is 0.614 bits per heavy atom. The van der Waals surface area contributed by atoms with E-state index >= 15 is 8.63 Å². The van der Waals surface area contributed by atoms with Gasteiger partial charge in [0.2, 0.25) is 11.4 Å². The summed E-state index contributed by atoms with van der Waals surface area (Å²) in [4.78, 5) is 0. The van der Waals surface area contributed by atoms with Crippen molar-refractivity contribution in [3.05, 3.63) is 188 Å². The lowest BCUT2D eigenvalue weighted by Gasteiger charge is -2.26. The van der Waals surface area contributed by atoms with Crippen LogP contribution < -0.4 is 0 Å². The van der Waals surface area contributed by atoms with Crippen molar-refractivity contribution in [2.75, 3.05) is 7.05 Å². The number of hydrogen-bond donors (Lipinski definition) is 0. The van der Waals surface area contributed by atoms with Crippen LogP contribution >= 0.6 is 23.2 Å². The van der Waals surface area contributed by atoms with Gasteiger partial charge in [0, 0.05) is 34.2 Å². The van der Waals surface area contributed by atoms with Gasteiger partial charge in [-0.3, -0.25) is 0 Å². The van der Waals surface area contributed by atoms with Gasteiger partial charge in [-0.05, 0) is 89.5 Å². The third-order valence-corrected chi connectivity index (χ3v) is 10.0. The Balaban J connectivity index is 1.72. The van der Waals surface area contributed by atoms with Gasteiger partial charge in [0.15, 0.2) is 0 Å². The Labute approximate surface area is 329 Å². The molecule has 0 atom stereocenters. The summed E-state index contributed by atoms with van der Waals surface area (Å²) in [6, 6.07) is 23.4. The second-order valence-electron chi connectivity index (χ2n) is 12.9. The van der Waals surface area contributed by atoms with Crippen LogP contribution in [0.25, 0.3) is 33.5 Å². The molecule has 0 unspecified atom stereocenters. The van der Waals surface area contributed by atoms with Crippen molar-refractivity contribution in [1.29, 1.82) is 0 Å². The molecular weight excluding hydrogens is 804 g/mol. The van der Waals surface area contributed by atoms with Crippen molar-refractivity contribution in [3.63, 3.8) is 0 Å². The molecule has 1 radical (unpaired) electrons. The highest BCUT2D eigenvalue weighted by Crippen LogP contribution is 2.49. The number of likely N-dealkylation sites (N-methyl/N-ethyl adjacent to an activating group) is 1. The number of nitrogens with zero attached hydrogens (tertiary/aromatic N) is 2. The largest absolute Gasteiger partial charge is 0.483 e. The number of alkyl halides is 6.